The molecule has 0 aliphatic rings. The van der Waals surface area contributed by atoms with Gasteiger partial charge in [0.2, 0.25) is 5.91 Å². The second-order valence-electron chi connectivity index (χ2n) is 5.39. The van der Waals surface area contributed by atoms with Crippen LogP contribution in [-0.2, 0) is 4.79 Å². The quantitative estimate of drug-likeness (QED) is 0.881. The molecule has 2 aromatic rings. The summed E-state index contributed by atoms with van der Waals surface area (Å²) in [7, 11) is 0. The third-order valence-electron chi connectivity index (χ3n) is 2.93. The highest BCUT2D eigenvalue weighted by Gasteiger charge is 2.06. The molecule has 0 unspecified atom stereocenters. The lowest BCUT2D eigenvalue weighted by Crippen LogP contribution is -2.15. The number of hydrogen-bond donors (Lipinski definition) is 2. The Morgan fingerprint density at radius 1 is 1.10 bits per heavy atom. The number of benzene rings is 1. The Bertz CT molecular complexity index is 608. The Labute approximate surface area is 124 Å². The number of aromatic nitrogens is 2. The lowest BCUT2D eigenvalue weighted by molar-refractivity contribution is -0.116. The van der Waals surface area contributed by atoms with Crippen LogP contribution >= 0.6 is 0 Å². The van der Waals surface area contributed by atoms with Crippen molar-refractivity contribution in [2.75, 3.05) is 10.6 Å². The van der Waals surface area contributed by atoms with Gasteiger partial charge < -0.3 is 10.6 Å². The van der Waals surface area contributed by atoms with Gasteiger partial charge >= 0.3 is 0 Å². The highest BCUT2D eigenvalue weighted by atomic mass is 16.1. The van der Waals surface area contributed by atoms with Crippen LogP contribution in [0.3, 0.4) is 0 Å². The molecule has 0 saturated heterocycles. The number of aryl methyl sites for hydroxylation is 1. The molecule has 0 aliphatic carbocycles. The zero-order valence-electron chi connectivity index (χ0n) is 12.6. The molecule has 0 fully saturated rings. The Kier molecular flexibility index (Phi) is 4.87. The molecule has 5 nitrogen and oxygen atoms in total. The van der Waals surface area contributed by atoms with Crippen molar-refractivity contribution in [3.8, 4) is 0 Å². The van der Waals surface area contributed by atoms with Crippen molar-refractivity contribution in [1.29, 1.82) is 0 Å². The van der Waals surface area contributed by atoms with Crippen LogP contribution in [0.4, 0.5) is 17.3 Å². The predicted octanol–water partition coefficient (Wildman–Crippen LogP) is 3.51. The molecule has 2 rings (SSSR count). The van der Waals surface area contributed by atoms with Crippen molar-refractivity contribution < 1.29 is 4.79 Å². The Balaban J connectivity index is 1.99. The second-order valence-corrected chi connectivity index (χ2v) is 5.39. The van der Waals surface area contributed by atoms with Crippen LogP contribution in [0, 0.1) is 12.8 Å². The summed E-state index contributed by atoms with van der Waals surface area (Å²) in [6.07, 6.45) is 0.477. The van der Waals surface area contributed by atoms with E-state index in [2.05, 4.69) is 20.8 Å². The minimum absolute atomic E-state index is 0.0427. The number of amides is 1. The van der Waals surface area contributed by atoms with Crippen LogP contribution in [-0.4, -0.2) is 16.1 Å². The first-order chi connectivity index (χ1) is 10.0. The van der Waals surface area contributed by atoms with E-state index < -0.39 is 0 Å². The SMILES string of the molecule is Cc1ccccc1Nc1ccc(NC(=O)CC(C)C)nn1. The van der Waals surface area contributed by atoms with Crippen LogP contribution in [0.2, 0.25) is 0 Å². The van der Waals surface area contributed by atoms with Crippen LogP contribution in [0.1, 0.15) is 25.8 Å². The van der Waals surface area contributed by atoms with Crippen molar-refractivity contribution in [2.45, 2.75) is 27.2 Å². The fourth-order valence-corrected chi connectivity index (χ4v) is 1.88. The Morgan fingerprint density at radius 2 is 1.76 bits per heavy atom. The predicted molar refractivity (Wildman–Crippen MR) is 84.6 cm³/mol. The molecule has 0 spiro atoms. The molecular formula is C16H20N4O. The maximum absolute atomic E-state index is 11.6. The molecule has 0 radical (unpaired) electrons. The van der Waals surface area contributed by atoms with Gasteiger partial charge in [-0.15, -0.1) is 10.2 Å². The number of rotatable bonds is 5. The van der Waals surface area contributed by atoms with Crippen LogP contribution in [0.25, 0.3) is 0 Å². The lowest BCUT2D eigenvalue weighted by atomic mass is 10.1. The van der Waals surface area contributed by atoms with E-state index in [9.17, 15) is 4.79 Å². The van der Waals surface area contributed by atoms with Crippen molar-refractivity contribution in [3.05, 3.63) is 42.0 Å². The first-order valence-electron chi connectivity index (χ1n) is 7.01. The summed E-state index contributed by atoms with van der Waals surface area (Å²) in [4.78, 5) is 11.6. The third kappa shape index (κ3) is 4.56. The van der Waals surface area contributed by atoms with Gasteiger partial charge in [-0.3, -0.25) is 4.79 Å². The fraction of sp³-hybridized carbons (Fsp3) is 0.312. The minimum atomic E-state index is -0.0427. The maximum Gasteiger partial charge on any atom is 0.225 e. The molecule has 1 aromatic heterocycles. The summed E-state index contributed by atoms with van der Waals surface area (Å²) < 4.78 is 0. The second kappa shape index (κ2) is 6.83. The molecule has 2 N–H and O–H groups in total. The highest BCUT2D eigenvalue weighted by molar-refractivity contribution is 5.89. The van der Waals surface area contributed by atoms with Crippen LogP contribution in [0.5, 0.6) is 0 Å². The van der Waals surface area contributed by atoms with E-state index in [0.717, 1.165) is 11.3 Å². The highest BCUT2D eigenvalue weighted by Crippen LogP contribution is 2.18. The Hall–Kier alpha value is -2.43. The van der Waals surface area contributed by atoms with Crippen molar-refractivity contribution >= 4 is 23.2 Å². The Morgan fingerprint density at radius 3 is 2.38 bits per heavy atom. The van der Waals surface area contributed by atoms with Crippen molar-refractivity contribution in [2.24, 2.45) is 5.92 Å². The average molecular weight is 284 g/mol. The normalized spacial score (nSPS) is 10.5. The molecular weight excluding hydrogens is 264 g/mol. The molecule has 1 aromatic carbocycles. The molecule has 1 heterocycles. The van der Waals surface area contributed by atoms with Crippen LogP contribution in [0.15, 0.2) is 36.4 Å². The average Bonchev–Trinajstić information content (AvgIpc) is 2.42. The molecule has 0 saturated carbocycles. The van der Waals surface area contributed by atoms with Gasteiger partial charge in [-0.25, -0.2) is 0 Å². The molecule has 0 aliphatic heterocycles. The smallest absolute Gasteiger partial charge is 0.225 e. The number of nitrogens with one attached hydrogen (secondary N) is 2. The molecule has 0 bridgehead atoms. The van der Waals surface area contributed by atoms with Gasteiger partial charge in [0.1, 0.15) is 0 Å². The monoisotopic (exact) mass is 284 g/mol. The van der Waals surface area contributed by atoms with E-state index >= 15 is 0 Å². The van der Waals surface area contributed by atoms with E-state index in [0.29, 0.717) is 24.0 Å². The fourth-order valence-electron chi connectivity index (χ4n) is 1.88. The third-order valence-corrected chi connectivity index (χ3v) is 2.93. The molecule has 5 heteroatoms. The van der Waals surface area contributed by atoms with Crippen LogP contribution < -0.4 is 10.6 Å². The van der Waals surface area contributed by atoms with Gasteiger partial charge in [0.25, 0.3) is 0 Å². The number of carbonyl (C=O) groups is 1. The van der Waals surface area contributed by atoms with Crippen molar-refractivity contribution in [3.63, 3.8) is 0 Å². The number of carbonyl (C=O) groups excluding carboxylic acids is 1. The first-order valence-corrected chi connectivity index (χ1v) is 7.01. The van der Waals surface area contributed by atoms with Gasteiger partial charge in [-0.05, 0) is 36.6 Å². The number of anilines is 3. The number of hydrogen-bond acceptors (Lipinski definition) is 4. The van der Waals surface area contributed by atoms with E-state index in [1.807, 2.05) is 45.0 Å². The minimum Gasteiger partial charge on any atom is -0.339 e. The van der Waals surface area contributed by atoms with Gasteiger partial charge in [0, 0.05) is 12.1 Å². The molecule has 1 amide bonds. The maximum atomic E-state index is 11.6. The zero-order valence-corrected chi connectivity index (χ0v) is 12.6. The summed E-state index contributed by atoms with van der Waals surface area (Å²) in [6.45, 7) is 6.03. The first kappa shape index (κ1) is 15.0. The summed E-state index contributed by atoms with van der Waals surface area (Å²) >= 11 is 0. The number of para-hydroxylation sites is 1. The topological polar surface area (TPSA) is 66.9 Å². The summed E-state index contributed by atoms with van der Waals surface area (Å²) in [6, 6.07) is 11.5. The number of nitrogens with zero attached hydrogens (tertiary/aromatic N) is 2. The lowest BCUT2D eigenvalue weighted by Gasteiger charge is -2.09. The molecule has 21 heavy (non-hydrogen) atoms. The molecule has 110 valence electrons. The zero-order chi connectivity index (χ0) is 15.2. The summed E-state index contributed by atoms with van der Waals surface area (Å²) in [5, 5.41) is 14.0. The van der Waals surface area contributed by atoms with Gasteiger partial charge in [-0.2, -0.15) is 0 Å². The van der Waals surface area contributed by atoms with E-state index in [1.54, 1.807) is 12.1 Å². The van der Waals surface area contributed by atoms with E-state index in [-0.39, 0.29) is 5.91 Å². The van der Waals surface area contributed by atoms with Crippen molar-refractivity contribution in [1.82, 2.24) is 10.2 Å². The largest absolute Gasteiger partial charge is 0.339 e. The van der Waals surface area contributed by atoms with E-state index in [1.165, 1.54) is 0 Å². The van der Waals surface area contributed by atoms with Gasteiger partial charge in [0.15, 0.2) is 11.6 Å². The standard InChI is InChI=1S/C16H20N4O/c1-11(2)10-16(21)18-15-9-8-14(19-20-15)17-13-7-5-4-6-12(13)3/h4-9,11H,10H2,1-3H3,(H,17,19)(H,18,20,21). The summed E-state index contributed by atoms with van der Waals surface area (Å²) in [5.74, 6) is 1.39. The summed E-state index contributed by atoms with van der Waals surface area (Å²) in [5.41, 5.74) is 2.12. The van der Waals surface area contributed by atoms with Gasteiger partial charge in [-0.1, -0.05) is 32.0 Å². The van der Waals surface area contributed by atoms with E-state index in [4.69, 9.17) is 0 Å². The van der Waals surface area contributed by atoms with Gasteiger partial charge in [0.05, 0.1) is 0 Å². The molecule has 0 atom stereocenters.